The van der Waals surface area contributed by atoms with E-state index in [-0.39, 0.29) is 16.2 Å². The van der Waals surface area contributed by atoms with E-state index in [9.17, 15) is 0 Å². The van der Waals surface area contributed by atoms with Crippen molar-refractivity contribution in [3.05, 3.63) is 181 Å². The van der Waals surface area contributed by atoms with E-state index in [2.05, 4.69) is 229 Å². The van der Waals surface area contributed by atoms with E-state index in [0.717, 1.165) is 45.1 Å². The summed E-state index contributed by atoms with van der Waals surface area (Å²) >= 11 is 0. The maximum absolute atomic E-state index is 5.44. The van der Waals surface area contributed by atoms with Crippen molar-refractivity contribution in [1.29, 1.82) is 0 Å². The molecule has 6 aromatic carbocycles. The number of hydrogen-bond donors (Lipinski definition) is 0. The minimum absolute atomic E-state index is 0.0547. The number of fused-ring (bicyclic) bond motifs is 6. The van der Waals surface area contributed by atoms with Crippen molar-refractivity contribution >= 4 is 43.6 Å². The minimum atomic E-state index is -0.139. The normalized spacial score (nSPS) is 12.6. The fourth-order valence-corrected chi connectivity index (χ4v) is 9.45. The van der Waals surface area contributed by atoms with Crippen molar-refractivity contribution in [1.82, 2.24) is 19.1 Å². The van der Waals surface area contributed by atoms with Gasteiger partial charge in [-0.1, -0.05) is 141 Å². The van der Waals surface area contributed by atoms with E-state index in [1.54, 1.807) is 0 Å². The van der Waals surface area contributed by atoms with Crippen LogP contribution in [-0.2, 0) is 16.2 Å². The highest BCUT2D eigenvalue weighted by molar-refractivity contribution is 6.10. The molecule has 0 radical (unpaired) electrons. The molecule has 0 aliphatic heterocycles. The molecule has 4 heteroatoms. The Morgan fingerprint density at radius 3 is 1.53 bits per heavy atom. The molecule has 4 aromatic heterocycles. The summed E-state index contributed by atoms with van der Waals surface area (Å²) in [7, 11) is 0. The zero-order chi connectivity index (χ0) is 43.1. The number of benzene rings is 6. The molecule has 4 nitrogen and oxygen atoms in total. The second kappa shape index (κ2) is 14.4. The first kappa shape index (κ1) is 39.4. The van der Waals surface area contributed by atoms with Gasteiger partial charge in [-0.05, 0) is 112 Å². The molecule has 0 saturated carbocycles. The maximum atomic E-state index is 5.44. The van der Waals surface area contributed by atoms with Crippen LogP contribution in [0.2, 0.25) is 0 Å². The second-order valence-electron chi connectivity index (χ2n) is 20.0. The van der Waals surface area contributed by atoms with Crippen LogP contribution in [-0.4, -0.2) is 19.1 Å². The molecule has 0 fully saturated rings. The van der Waals surface area contributed by atoms with Gasteiger partial charge in [0.2, 0.25) is 0 Å². The Labute approximate surface area is 365 Å². The molecule has 0 aliphatic carbocycles. The first-order chi connectivity index (χ1) is 29.6. The lowest BCUT2D eigenvalue weighted by molar-refractivity contribution is 0.591. The van der Waals surface area contributed by atoms with Gasteiger partial charge in [-0.15, -0.1) is 0 Å². The molecule has 0 bridgehead atoms. The molecule has 10 aromatic rings. The van der Waals surface area contributed by atoms with E-state index in [4.69, 9.17) is 9.97 Å². The smallest absolute Gasteiger partial charge is 0.0713 e. The quantitative estimate of drug-likeness (QED) is 0.174. The Hall–Kier alpha value is -6.78. The molecule has 0 saturated heterocycles. The van der Waals surface area contributed by atoms with Crippen LogP contribution in [0.15, 0.2) is 164 Å². The molecular formula is C58H54N4. The Morgan fingerprint density at radius 1 is 0.371 bits per heavy atom. The molecule has 0 aliphatic rings. The van der Waals surface area contributed by atoms with E-state index >= 15 is 0 Å². The van der Waals surface area contributed by atoms with Gasteiger partial charge in [0, 0.05) is 55.8 Å². The zero-order valence-electron chi connectivity index (χ0n) is 37.4. The lowest BCUT2D eigenvalue weighted by Gasteiger charge is -2.25. The Kier molecular flexibility index (Phi) is 9.15. The van der Waals surface area contributed by atoms with Gasteiger partial charge in [-0.2, -0.15) is 0 Å². The number of para-hydroxylation sites is 3. The predicted octanol–water partition coefficient (Wildman–Crippen LogP) is 15.6. The zero-order valence-corrected chi connectivity index (χ0v) is 37.4. The van der Waals surface area contributed by atoms with Gasteiger partial charge < -0.3 is 9.13 Å². The fraction of sp³-hybridized carbons (Fsp3) is 0.207. The molecule has 0 N–H and O–H groups in total. The van der Waals surface area contributed by atoms with Gasteiger partial charge in [-0.3, -0.25) is 4.98 Å². The van der Waals surface area contributed by atoms with Gasteiger partial charge in [0.15, 0.2) is 0 Å². The molecule has 4 heterocycles. The number of hydrogen-bond acceptors (Lipinski definition) is 2. The van der Waals surface area contributed by atoms with Crippen molar-refractivity contribution in [3.63, 3.8) is 0 Å². The summed E-state index contributed by atoms with van der Waals surface area (Å²) < 4.78 is 4.82. The summed E-state index contributed by atoms with van der Waals surface area (Å²) in [5, 5.41) is 5.06. The van der Waals surface area contributed by atoms with Crippen molar-refractivity contribution in [2.45, 2.75) is 78.6 Å². The molecule has 0 spiro atoms. The average Bonchev–Trinajstić information content (AvgIpc) is 3.78. The summed E-state index contributed by atoms with van der Waals surface area (Å²) in [5.41, 5.74) is 16.9. The van der Waals surface area contributed by atoms with Crippen LogP contribution in [0.5, 0.6) is 0 Å². The highest BCUT2D eigenvalue weighted by atomic mass is 15.0. The van der Waals surface area contributed by atoms with Crippen LogP contribution in [0.25, 0.3) is 88.8 Å². The summed E-state index contributed by atoms with van der Waals surface area (Å²) in [6.45, 7) is 20.6. The largest absolute Gasteiger partial charge is 0.309 e. The van der Waals surface area contributed by atoms with Crippen molar-refractivity contribution in [2.24, 2.45) is 0 Å². The highest BCUT2D eigenvalue weighted by Gasteiger charge is 2.25. The third-order valence-electron chi connectivity index (χ3n) is 12.6. The molecule has 0 unspecified atom stereocenters. The molecule has 62 heavy (non-hydrogen) atoms. The Morgan fingerprint density at radius 2 is 0.919 bits per heavy atom. The van der Waals surface area contributed by atoms with Crippen LogP contribution in [0.1, 0.15) is 79.0 Å². The van der Waals surface area contributed by atoms with Gasteiger partial charge in [0.1, 0.15) is 0 Å². The third kappa shape index (κ3) is 6.70. The van der Waals surface area contributed by atoms with Crippen LogP contribution >= 0.6 is 0 Å². The molecule has 0 amide bonds. The maximum Gasteiger partial charge on any atom is 0.0713 e. The first-order valence-electron chi connectivity index (χ1n) is 21.9. The summed E-state index contributed by atoms with van der Waals surface area (Å²) in [4.78, 5) is 10.4. The van der Waals surface area contributed by atoms with Crippen molar-refractivity contribution in [3.8, 4) is 45.1 Å². The topological polar surface area (TPSA) is 35.6 Å². The van der Waals surface area contributed by atoms with E-state index < -0.39 is 0 Å². The van der Waals surface area contributed by atoms with E-state index in [0.29, 0.717) is 0 Å². The second-order valence-corrected chi connectivity index (χ2v) is 20.0. The minimum Gasteiger partial charge on any atom is -0.309 e. The molecule has 0 atom stereocenters. The van der Waals surface area contributed by atoms with Gasteiger partial charge in [0.25, 0.3) is 0 Å². The number of nitrogens with zero attached hydrogens (tertiary/aromatic N) is 4. The van der Waals surface area contributed by atoms with Crippen LogP contribution in [0.3, 0.4) is 0 Å². The number of aromatic nitrogens is 4. The van der Waals surface area contributed by atoms with Gasteiger partial charge in [-0.25, -0.2) is 4.98 Å². The van der Waals surface area contributed by atoms with Crippen molar-refractivity contribution in [2.75, 3.05) is 0 Å². The Bertz CT molecular complexity index is 3300. The molecule has 306 valence electrons. The lowest BCUT2D eigenvalue weighted by atomic mass is 9.82. The summed E-state index contributed by atoms with van der Waals surface area (Å²) in [5.74, 6) is 0. The van der Waals surface area contributed by atoms with Gasteiger partial charge in [0.05, 0.1) is 39.1 Å². The monoisotopic (exact) mass is 806 g/mol. The summed E-state index contributed by atoms with van der Waals surface area (Å²) in [6.07, 6.45) is 1.93. The summed E-state index contributed by atoms with van der Waals surface area (Å²) in [6, 6.07) is 57.7. The third-order valence-corrected chi connectivity index (χ3v) is 12.6. The van der Waals surface area contributed by atoms with Crippen LogP contribution in [0.4, 0.5) is 0 Å². The molecule has 10 rings (SSSR count). The van der Waals surface area contributed by atoms with E-state index in [1.807, 2.05) is 6.20 Å². The standard InChI is InChI=1S/C58H54N4/c1-56(2,3)38-25-30-55-45(34-38)43-19-12-15-24-54(43)61(55)39-27-29-47(57(4,5)6)46(35-39)50-21-16-20-49(60-50)37-31-32-59-51(33-37)44-28-26-40(36-48(44)58(7,8)9)62-52-22-13-10-17-41(52)42-18-11-14-23-53(42)62/h10-36H,1-9H3. The lowest BCUT2D eigenvalue weighted by Crippen LogP contribution is -2.14. The van der Waals surface area contributed by atoms with Crippen LogP contribution < -0.4 is 0 Å². The molecular weight excluding hydrogens is 753 g/mol. The average molecular weight is 807 g/mol. The fourth-order valence-electron chi connectivity index (χ4n) is 9.45. The number of rotatable bonds is 5. The Balaban J connectivity index is 1.08. The SMILES string of the molecule is CC(C)(C)c1ccc2c(c1)c1ccccc1n2-c1ccc(C(C)(C)C)c(-c2cccc(-c3ccnc(-c4ccc(-n5c6ccccc6c6ccccc65)cc4C(C)(C)C)c3)n2)c1. The highest BCUT2D eigenvalue weighted by Crippen LogP contribution is 2.41. The van der Waals surface area contributed by atoms with Crippen LogP contribution in [0, 0.1) is 0 Å². The van der Waals surface area contributed by atoms with Crippen molar-refractivity contribution < 1.29 is 0 Å². The van der Waals surface area contributed by atoms with E-state index in [1.165, 1.54) is 60.3 Å². The predicted molar refractivity (Wildman–Crippen MR) is 263 cm³/mol. The van der Waals surface area contributed by atoms with Gasteiger partial charge >= 0.3 is 0 Å². The first-order valence-corrected chi connectivity index (χ1v) is 21.9. The number of pyridine rings is 2.